The minimum absolute atomic E-state index is 0.653. The smallest absolute Gasteiger partial charge is 0.0625 e. The van der Waals surface area contributed by atoms with Gasteiger partial charge in [-0.25, -0.2) is 0 Å². The molecule has 114 valence electrons. The average Bonchev–Trinajstić information content (AvgIpc) is 3.04. The number of hydrogen-bond donors (Lipinski definition) is 0. The normalized spacial score (nSPS) is 22.8. The zero-order valence-electron chi connectivity index (χ0n) is 13.2. The van der Waals surface area contributed by atoms with Gasteiger partial charge in [0.25, 0.3) is 0 Å². The van der Waals surface area contributed by atoms with Crippen LogP contribution in [0.2, 0.25) is 0 Å². The molecule has 2 aromatic carbocycles. The van der Waals surface area contributed by atoms with Gasteiger partial charge < -0.3 is 0 Å². The fourth-order valence-electron chi connectivity index (χ4n) is 4.16. The number of nitrogens with zero attached hydrogens (tertiary/aromatic N) is 2. The number of benzene rings is 2. The van der Waals surface area contributed by atoms with Gasteiger partial charge in [-0.15, -0.1) is 0 Å². The highest BCUT2D eigenvalue weighted by Crippen LogP contribution is 2.29. The van der Waals surface area contributed by atoms with Crippen LogP contribution in [0.4, 0.5) is 0 Å². The number of hydrogen-bond acceptors (Lipinski definition) is 2. The Labute approximate surface area is 133 Å². The Bertz CT molecular complexity index is 686. The maximum absolute atomic E-state index is 4.42. The van der Waals surface area contributed by atoms with Crippen molar-refractivity contribution < 1.29 is 0 Å². The maximum atomic E-state index is 4.42. The summed E-state index contributed by atoms with van der Waals surface area (Å²) >= 11 is 0. The summed E-state index contributed by atoms with van der Waals surface area (Å²) in [6.07, 6.45) is 4.62. The number of rotatable bonds is 3. The quantitative estimate of drug-likeness (QED) is 0.844. The number of fused-ring (bicyclic) bond motifs is 2. The highest BCUT2D eigenvalue weighted by molar-refractivity contribution is 5.93. The second kappa shape index (κ2) is 5.86. The lowest BCUT2D eigenvalue weighted by Crippen LogP contribution is -2.50. The third-order valence-corrected chi connectivity index (χ3v) is 5.21. The van der Waals surface area contributed by atoms with Crippen LogP contribution in [0.3, 0.4) is 0 Å². The Balaban J connectivity index is 1.58. The minimum atomic E-state index is 0.653. The molecule has 0 amide bonds. The lowest BCUT2D eigenvalue weighted by molar-refractivity contribution is 0.0457. The first-order valence-corrected chi connectivity index (χ1v) is 8.47. The van der Waals surface area contributed by atoms with E-state index in [9.17, 15) is 0 Å². The van der Waals surface area contributed by atoms with Crippen LogP contribution in [-0.2, 0) is 0 Å². The van der Waals surface area contributed by atoms with E-state index >= 15 is 0 Å². The fourth-order valence-corrected chi connectivity index (χ4v) is 4.16. The Hall–Kier alpha value is -1.64. The highest BCUT2D eigenvalue weighted by Gasteiger charge is 2.32. The molecule has 0 bridgehead atoms. The van der Waals surface area contributed by atoms with Crippen molar-refractivity contribution in [3.05, 3.63) is 54.6 Å². The molecule has 22 heavy (non-hydrogen) atoms. The summed E-state index contributed by atoms with van der Waals surface area (Å²) in [5, 5.41) is 2.64. The van der Waals surface area contributed by atoms with Crippen LogP contribution in [0.25, 0.3) is 16.3 Å². The van der Waals surface area contributed by atoms with Gasteiger partial charge in [-0.1, -0.05) is 49.0 Å². The van der Waals surface area contributed by atoms with E-state index in [0.29, 0.717) is 6.17 Å². The lowest BCUT2D eigenvalue weighted by atomic mass is 9.98. The summed E-state index contributed by atoms with van der Waals surface area (Å²) < 4.78 is 0. The van der Waals surface area contributed by atoms with Crippen molar-refractivity contribution in [3.63, 3.8) is 0 Å². The molecule has 2 nitrogen and oxygen atoms in total. The van der Waals surface area contributed by atoms with Gasteiger partial charge in [-0.05, 0) is 47.7 Å². The van der Waals surface area contributed by atoms with Crippen molar-refractivity contribution in [1.82, 2.24) is 9.80 Å². The molecule has 2 aromatic rings. The van der Waals surface area contributed by atoms with E-state index in [0.717, 1.165) is 6.54 Å². The van der Waals surface area contributed by atoms with E-state index < -0.39 is 0 Å². The zero-order chi connectivity index (χ0) is 14.9. The molecule has 2 fully saturated rings. The molecule has 0 N–H and O–H groups in total. The predicted octanol–water partition coefficient (Wildman–Crippen LogP) is 3.98. The Morgan fingerprint density at radius 1 is 1.00 bits per heavy atom. The molecule has 1 atom stereocenters. The van der Waals surface area contributed by atoms with Gasteiger partial charge in [0, 0.05) is 19.6 Å². The summed E-state index contributed by atoms with van der Waals surface area (Å²) in [6.45, 7) is 9.19. The van der Waals surface area contributed by atoms with E-state index in [1.165, 1.54) is 60.8 Å². The Kier molecular flexibility index (Phi) is 3.73. The summed E-state index contributed by atoms with van der Waals surface area (Å²) in [6, 6.07) is 15.2. The maximum Gasteiger partial charge on any atom is 0.0625 e. The second-order valence-electron chi connectivity index (χ2n) is 6.61. The van der Waals surface area contributed by atoms with Gasteiger partial charge >= 0.3 is 0 Å². The van der Waals surface area contributed by atoms with Crippen molar-refractivity contribution in [2.24, 2.45) is 0 Å². The van der Waals surface area contributed by atoms with Crippen LogP contribution in [0.1, 0.15) is 24.8 Å². The standard InChI is InChI=1S/C20H24N2/c1-16(15-22-14-6-13-21-12-5-11-20(21)22)18-10-4-8-17-7-2-3-9-19(17)18/h2-4,7-10,20H,1,5-6,11-15H2. The molecular formula is C20H24N2. The molecule has 0 aromatic heterocycles. The van der Waals surface area contributed by atoms with Crippen molar-refractivity contribution >= 4 is 16.3 Å². The lowest BCUT2D eigenvalue weighted by Gasteiger charge is -2.40. The Morgan fingerprint density at radius 3 is 2.77 bits per heavy atom. The third-order valence-electron chi connectivity index (χ3n) is 5.21. The predicted molar refractivity (Wildman–Crippen MR) is 93.8 cm³/mol. The van der Waals surface area contributed by atoms with Gasteiger partial charge in [0.2, 0.25) is 0 Å². The monoisotopic (exact) mass is 292 g/mol. The summed E-state index contributed by atoms with van der Waals surface area (Å²) in [5.41, 5.74) is 2.57. The first kappa shape index (κ1) is 14.0. The van der Waals surface area contributed by atoms with Gasteiger partial charge in [0.15, 0.2) is 0 Å². The van der Waals surface area contributed by atoms with Crippen LogP contribution in [0, 0.1) is 0 Å². The SMILES string of the molecule is C=C(CN1CCCN2CCCC21)c1cccc2ccccc12. The summed E-state index contributed by atoms with van der Waals surface area (Å²) in [7, 11) is 0. The van der Waals surface area contributed by atoms with Crippen LogP contribution in [0.5, 0.6) is 0 Å². The molecule has 0 saturated carbocycles. The van der Waals surface area contributed by atoms with Gasteiger partial charge in [0.1, 0.15) is 0 Å². The van der Waals surface area contributed by atoms with Crippen molar-refractivity contribution in [3.8, 4) is 0 Å². The largest absolute Gasteiger partial charge is 0.288 e. The summed E-state index contributed by atoms with van der Waals surface area (Å²) in [5.74, 6) is 0. The second-order valence-corrected chi connectivity index (χ2v) is 6.61. The molecule has 2 heteroatoms. The van der Waals surface area contributed by atoms with Crippen LogP contribution >= 0.6 is 0 Å². The van der Waals surface area contributed by atoms with E-state index in [1.807, 2.05) is 0 Å². The van der Waals surface area contributed by atoms with E-state index in [-0.39, 0.29) is 0 Å². The van der Waals surface area contributed by atoms with Crippen LogP contribution < -0.4 is 0 Å². The molecular weight excluding hydrogens is 268 g/mol. The van der Waals surface area contributed by atoms with E-state index in [1.54, 1.807) is 0 Å². The van der Waals surface area contributed by atoms with Crippen LogP contribution in [-0.4, -0.2) is 42.1 Å². The first-order chi connectivity index (χ1) is 10.8. The topological polar surface area (TPSA) is 6.48 Å². The average molecular weight is 292 g/mol. The molecule has 0 aliphatic carbocycles. The first-order valence-electron chi connectivity index (χ1n) is 8.47. The van der Waals surface area contributed by atoms with Crippen molar-refractivity contribution in [1.29, 1.82) is 0 Å². The van der Waals surface area contributed by atoms with Crippen molar-refractivity contribution in [2.75, 3.05) is 26.2 Å². The van der Waals surface area contributed by atoms with E-state index in [4.69, 9.17) is 0 Å². The molecule has 2 aliphatic rings. The summed E-state index contributed by atoms with van der Waals surface area (Å²) in [4.78, 5) is 5.29. The third kappa shape index (κ3) is 2.47. The molecule has 0 radical (unpaired) electrons. The zero-order valence-corrected chi connectivity index (χ0v) is 13.2. The van der Waals surface area contributed by atoms with Gasteiger partial charge in [-0.2, -0.15) is 0 Å². The molecule has 2 aliphatic heterocycles. The molecule has 4 rings (SSSR count). The van der Waals surface area contributed by atoms with Gasteiger partial charge in [0.05, 0.1) is 6.17 Å². The molecule has 0 spiro atoms. The molecule has 2 saturated heterocycles. The fraction of sp³-hybridized carbons (Fsp3) is 0.400. The van der Waals surface area contributed by atoms with Crippen LogP contribution in [0.15, 0.2) is 49.0 Å². The van der Waals surface area contributed by atoms with E-state index in [2.05, 4.69) is 58.8 Å². The Morgan fingerprint density at radius 2 is 1.82 bits per heavy atom. The highest BCUT2D eigenvalue weighted by atomic mass is 15.4. The molecule has 2 heterocycles. The molecule has 1 unspecified atom stereocenters. The minimum Gasteiger partial charge on any atom is -0.288 e. The van der Waals surface area contributed by atoms with Crippen molar-refractivity contribution in [2.45, 2.75) is 25.4 Å². The van der Waals surface area contributed by atoms with Gasteiger partial charge in [-0.3, -0.25) is 9.80 Å².